The molecule has 1 amide bonds. The number of rotatable bonds is 6. The van der Waals surface area contributed by atoms with Crippen LogP contribution in [0.15, 0.2) is 48.7 Å². The lowest BCUT2D eigenvalue weighted by Crippen LogP contribution is -2.52. The first-order valence-electron chi connectivity index (χ1n) is 9.00. The van der Waals surface area contributed by atoms with Gasteiger partial charge < -0.3 is 20.1 Å². The highest BCUT2D eigenvalue weighted by Crippen LogP contribution is 2.23. The number of benzene rings is 1. The summed E-state index contributed by atoms with van der Waals surface area (Å²) in [7, 11) is 0. The fourth-order valence-corrected chi connectivity index (χ4v) is 3.17. The number of amides is 1. The van der Waals surface area contributed by atoms with Gasteiger partial charge in [0.25, 0.3) is 5.91 Å². The molecule has 1 aromatic carbocycles. The number of piperidine rings is 1. The smallest absolute Gasteiger partial charge is 0.260 e. The van der Waals surface area contributed by atoms with E-state index in [9.17, 15) is 4.79 Å². The second kappa shape index (κ2) is 11.7. The van der Waals surface area contributed by atoms with E-state index in [0.29, 0.717) is 17.4 Å². The summed E-state index contributed by atoms with van der Waals surface area (Å²) >= 11 is 0. The van der Waals surface area contributed by atoms with E-state index in [1.54, 1.807) is 36.5 Å². The normalized spacial score (nSPS) is 16.9. The molecule has 154 valence electrons. The van der Waals surface area contributed by atoms with Crippen LogP contribution in [-0.2, 0) is 4.79 Å². The van der Waals surface area contributed by atoms with Gasteiger partial charge in [-0.3, -0.25) is 4.79 Å². The highest BCUT2D eigenvalue weighted by Gasteiger charge is 2.29. The molecule has 0 saturated carbocycles. The van der Waals surface area contributed by atoms with Crippen LogP contribution < -0.4 is 15.2 Å². The van der Waals surface area contributed by atoms with Gasteiger partial charge in [0.15, 0.2) is 6.61 Å². The molecule has 0 spiro atoms. The van der Waals surface area contributed by atoms with Crippen LogP contribution in [0.25, 0.3) is 0 Å². The molecule has 2 N–H and O–H groups in total. The lowest BCUT2D eigenvalue weighted by atomic mass is 9.97. The van der Waals surface area contributed by atoms with Gasteiger partial charge in [-0.05, 0) is 56.5 Å². The predicted octanol–water partition coefficient (Wildman–Crippen LogP) is 3.82. The molecule has 1 aliphatic heterocycles. The minimum atomic E-state index is -0.0257. The molecule has 8 heteroatoms. The summed E-state index contributed by atoms with van der Waals surface area (Å²) in [4.78, 5) is 18.5. The zero-order valence-corrected chi connectivity index (χ0v) is 17.5. The Labute approximate surface area is 178 Å². The number of hydrogen-bond donors (Lipinski definition) is 1. The molecular formula is C20H27Cl2N3O3. The Bertz CT molecular complexity index is 714. The third kappa shape index (κ3) is 6.55. The van der Waals surface area contributed by atoms with Gasteiger partial charge in [0.05, 0.1) is 0 Å². The van der Waals surface area contributed by atoms with Crippen LogP contribution in [0.4, 0.5) is 0 Å². The maximum absolute atomic E-state index is 12.5. The lowest BCUT2D eigenvalue weighted by molar-refractivity contribution is -0.137. The van der Waals surface area contributed by atoms with Crippen molar-refractivity contribution in [2.45, 2.75) is 38.3 Å². The van der Waals surface area contributed by atoms with Crippen molar-refractivity contribution in [3.63, 3.8) is 0 Å². The molecule has 3 rings (SSSR count). The quantitative estimate of drug-likeness (QED) is 0.757. The molecule has 1 fully saturated rings. The maximum Gasteiger partial charge on any atom is 0.260 e. The summed E-state index contributed by atoms with van der Waals surface area (Å²) in [6.07, 6.45) is 4.78. The van der Waals surface area contributed by atoms with E-state index in [0.717, 1.165) is 25.8 Å². The zero-order valence-electron chi connectivity index (χ0n) is 15.8. The molecule has 6 nitrogen and oxygen atoms in total. The van der Waals surface area contributed by atoms with Crippen LogP contribution in [0.3, 0.4) is 0 Å². The molecule has 0 aliphatic carbocycles. The number of nitrogens with two attached hydrogens (primary N) is 1. The second-order valence-corrected chi connectivity index (χ2v) is 6.54. The Hall–Kier alpha value is -2.02. The Morgan fingerprint density at radius 3 is 2.54 bits per heavy atom. The first-order chi connectivity index (χ1) is 12.6. The molecule has 2 heterocycles. The summed E-state index contributed by atoms with van der Waals surface area (Å²) in [5, 5.41) is 0. The third-order valence-corrected chi connectivity index (χ3v) is 4.52. The average Bonchev–Trinajstić information content (AvgIpc) is 2.68. The molecular weight excluding hydrogens is 401 g/mol. The SMILES string of the molecule is CC(N)C1CCCCN1C(=O)COc1ccc(Oc2ccccn2)cc1.Cl.Cl. The minimum Gasteiger partial charge on any atom is -0.484 e. The molecule has 1 aliphatic rings. The van der Waals surface area contributed by atoms with E-state index >= 15 is 0 Å². The predicted molar refractivity (Wildman–Crippen MR) is 114 cm³/mol. The monoisotopic (exact) mass is 427 g/mol. The number of halogens is 2. The van der Waals surface area contributed by atoms with E-state index in [4.69, 9.17) is 15.2 Å². The molecule has 2 aromatic rings. The van der Waals surface area contributed by atoms with Gasteiger partial charge in [-0.1, -0.05) is 6.07 Å². The van der Waals surface area contributed by atoms with Crippen molar-refractivity contribution < 1.29 is 14.3 Å². The fraction of sp³-hybridized carbons (Fsp3) is 0.400. The Morgan fingerprint density at radius 2 is 1.89 bits per heavy atom. The minimum absolute atomic E-state index is 0. The third-order valence-electron chi connectivity index (χ3n) is 4.52. The standard InChI is InChI=1S/C20H25N3O3.2ClH/c1-15(21)18-6-3-5-13-23(18)20(24)14-25-16-8-10-17(11-9-16)26-19-7-2-4-12-22-19;;/h2,4,7-12,15,18H,3,5-6,13-14,21H2,1H3;2*1H. The van der Waals surface area contributed by atoms with Crippen molar-refractivity contribution in [3.05, 3.63) is 48.7 Å². The molecule has 2 atom stereocenters. The first-order valence-corrected chi connectivity index (χ1v) is 9.00. The molecule has 28 heavy (non-hydrogen) atoms. The van der Waals surface area contributed by atoms with Crippen molar-refractivity contribution in [1.29, 1.82) is 0 Å². The van der Waals surface area contributed by atoms with E-state index in [-0.39, 0.29) is 49.4 Å². The van der Waals surface area contributed by atoms with Crippen molar-refractivity contribution in [3.8, 4) is 17.4 Å². The van der Waals surface area contributed by atoms with Gasteiger partial charge in [0.2, 0.25) is 5.88 Å². The van der Waals surface area contributed by atoms with Crippen LogP contribution in [0.5, 0.6) is 17.4 Å². The maximum atomic E-state index is 12.5. The number of carbonyl (C=O) groups is 1. The lowest BCUT2D eigenvalue weighted by Gasteiger charge is -2.38. The largest absolute Gasteiger partial charge is 0.484 e. The second-order valence-electron chi connectivity index (χ2n) is 6.54. The van der Waals surface area contributed by atoms with Gasteiger partial charge in [-0.15, -0.1) is 24.8 Å². The summed E-state index contributed by atoms with van der Waals surface area (Å²) in [5.74, 6) is 1.81. The molecule has 0 radical (unpaired) electrons. The van der Waals surface area contributed by atoms with Crippen molar-refractivity contribution in [2.75, 3.05) is 13.2 Å². The van der Waals surface area contributed by atoms with Gasteiger partial charge in [0, 0.05) is 30.9 Å². The number of carbonyl (C=O) groups excluding carboxylic acids is 1. The first kappa shape index (κ1) is 24.0. The Balaban J connectivity index is 0.00000196. The van der Waals surface area contributed by atoms with Gasteiger partial charge >= 0.3 is 0 Å². The highest BCUT2D eigenvalue weighted by molar-refractivity contribution is 5.85. The van der Waals surface area contributed by atoms with E-state index in [1.165, 1.54) is 0 Å². The molecule has 1 saturated heterocycles. The topological polar surface area (TPSA) is 77.7 Å². The average molecular weight is 428 g/mol. The van der Waals surface area contributed by atoms with Crippen LogP contribution in [-0.4, -0.2) is 41.0 Å². The van der Waals surface area contributed by atoms with Crippen LogP contribution >= 0.6 is 24.8 Å². The van der Waals surface area contributed by atoms with Gasteiger partial charge in [-0.2, -0.15) is 0 Å². The van der Waals surface area contributed by atoms with E-state index in [1.807, 2.05) is 24.0 Å². The fourth-order valence-electron chi connectivity index (χ4n) is 3.17. The zero-order chi connectivity index (χ0) is 18.4. The number of pyridine rings is 1. The Morgan fingerprint density at radius 1 is 1.18 bits per heavy atom. The summed E-state index contributed by atoms with van der Waals surface area (Å²) in [6.45, 7) is 2.73. The molecule has 2 unspecified atom stereocenters. The van der Waals surface area contributed by atoms with Crippen LogP contribution in [0.1, 0.15) is 26.2 Å². The van der Waals surface area contributed by atoms with Crippen LogP contribution in [0.2, 0.25) is 0 Å². The Kier molecular flexibility index (Phi) is 10.1. The van der Waals surface area contributed by atoms with Gasteiger partial charge in [-0.25, -0.2) is 4.98 Å². The van der Waals surface area contributed by atoms with Crippen molar-refractivity contribution in [2.24, 2.45) is 5.73 Å². The number of aromatic nitrogens is 1. The molecule has 1 aromatic heterocycles. The molecule has 0 bridgehead atoms. The van der Waals surface area contributed by atoms with Crippen molar-refractivity contribution in [1.82, 2.24) is 9.88 Å². The van der Waals surface area contributed by atoms with Crippen molar-refractivity contribution >= 4 is 30.7 Å². The number of hydrogen-bond acceptors (Lipinski definition) is 5. The highest BCUT2D eigenvalue weighted by atomic mass is 35.5. The number of nitrogens with zero attached hydrogens (tertiary/aromatic N) is 2. The van der Waals surface area contributed by atoms with E-state index < -0.39 is 0 Å². The number of likely N-dealkylation sites (tertiary alicyclic amines) is 1. The summed E-state index contributed by atoms with van der Waals surface area (Å²) < 4.78 is 11.3. The van der Waals surface area contributed by atoms with E-state index in [2.05, 4.69) is 4.98 Å². The van der Waals surface area contributed by atoms with Gasteiger partial charge in [0.1, 0.15) is 11.5 Å². The summed E-state index contributed by atoms with van der Waals surface area (Å²) in [5.41, 5.74) is 6.03. The number of ether oxygens (including phenoxy) is 2. The summed E-state index contributed by atoms with van der Waals surface area (Å²) in [6, 6.07) is 12.7. The van der Waals surface area contributed by atoms with Crippen LogP contribution in [0, 0.1) is 0 Å².